The van der Waals surface area contributed by atoms with Gasteiger partial charge < -0.3 is 14.8 Å². The fourth-order valence-electron chi connectivity index (χ4n) is 4.22. The Hall–Kier alpha value is -1.95. The molecule has 1 unspecified atom stereocenters. The highest BCUT2D eigenvalue weighted by Gasteiger charge is 2.38. The van der Waals surface area contributed by atoms with Crippen LogP contribution in [0.1, 0.15) is 39.0 Å². The van der Waals surface area contributed by atoms with Gasteiger partial charge in [-0.2, -0.15) is 0 Å². The van der Waals surface area contributed by atoms with Crippen molar-refractivity contribution in [2.75, 3.05) is 16.9 Å². The number of rotatable bonds is 5. The molecule has 27 heavy (non-hydrogen) atoms. The van der Waals surface area contributed by atoms with Crippen molar-refractivity contribution in [1.29, 1.82) is 0 Å². The molecule has 5 nitrogen and oxygen atoms in total. The van der Waals surface area contributed by atoms with E-state index in [4.69, 9.17) is 0 Å². The van der Waals surface area contributed by atoms with Crippen LogP contribution in [0.2, 0.25) is 0 Å². The van der Waals surface area contributed by atoms with Crippen molar-refractivity contribution < 1.29 is 9.59 Å². The van der Waals surface area contributed by atoms with E-state index in [1.54, 1.807) is 16.7 Å². The maximum absolute atomic E-state index is 12.9. The fraction of sp³-hybridized carbons (Fsp3) is 0.524. The predicted molar refractivity (Wildman–Crippen MR) is 111 cm³/mol. The van der Waals surface area contributed by atoms with E-state index in [9.17, 15) is 9.59 Å². The number of anilines is 1. The third kappa shape index (κ3) is 3.72. The highest BCUT2D eigenvalue weighted by molar-refractivity contribution is 7.99. The molecule has 2 heterocycles. The second kappa shape index (κ2) is 7.97. The molecule has 1 saturated heterocycles. The number of thioether (sulfide) groups is 1. The normalized spacial score (nSPS) is 20.5. The van der Waals surface area contributed by atoms with Gasteiger partial charge in [-0.25, -0.2) is 0 Å². The molecule has 2 amide bonds. The Balaban J connectivity index is 1.46. The predicted octanol–water partition coefficient (Wildman–Crippen LogP) is 4.08. The Morgan fingerprint density at radius 1 is 1.22 bits per heavy atom. The van der Waals surface area contributed by atoms with E-state index in [-0.39, 0.29) is 23.8 Å². The standard InChI is InChI=1S/C21H27N3O2S/c1-2-10-23-11-9-16-12-17(7-8-18(16)23)22-20(25)19-13-27-14-24(19)21(26)15-5-3-4-6-15/h7-9,11-12,15,19H,2-6,10,13-14H2,1H3,(H,22,25). The largest absolute Gasteiger partial charge is 0.347 e. The number of nitrogens with zero attached hydrogens (tertiary/aromatic N) is 2. The highest BCUT2D eigenvalue weighted by atomic mass is 32.2. The van der Waals surface area contributed by atoms with Crippen LogP contribution < -0.4 is 5.32 Å². The minimum atomic E-state index is -0.358. The van der Waals surface area contributed by atoms with Crippen molar-refractivity contribution in [1.82, 2.24) is 9.47 Å². The van der Waals surface area contributed by atoms with Gasteiger partial charge in [0, 0.05) is 41.0 Å². The lowest BCUT2D eigenvalue weighted by Gasteiger charge is -2.25. The van der Waals surface area contributed by atoms with Crippen LogP contribution in [-0.2, 0) is 16.1 Å². The maximum atomic E-state index is 12.9. The Morgan fingerprint density at radius 2 is 2.04 bits per heavy atom. The van der Waals surface area contributed by atoms with Gasteiger partial charge in [0.1, 0.15) is 6.04 Å². The van der Waals surface area contributed by atoms with Gasteiger partial charge in [0.15, 0.2) is 0 Å². The molecule has 2 aromatic rings. The molecule has 2 fully saturated rings. The van der Waals surface area contributed by atoms with Gasteiger partial charge in [-0.3, -0.25) is 9.59 Å². The lowest BCUT2D eigenvalue weighted by atomic mass is 10.1. The molecule has 0 bridgehead atoms. The molecule has 2 aliphatic rings. The molecule has 1 saturated carbocycles. The Bertz CT molecular complexity index is 841. The first-order valence-corrected chi connectivity index (χ1v) is 11.1. The van der Waals surface area contributed by atoms with Crippen molar-refractivity contribution in [3.8, 4) is 0 Å². The monoisotopic (exact) mass is 385 g/mol. The van der Waals surface area contributed by atoms with Gasteiger partial charge >= 0.3 is 0 Å². The molecule has 1 aromatic carbocycles. The van der Waals surface area contributed by atoms with Crippen LogP contribution >= 0.6 is 11.8 Å². The van der Waals surface area contributed by atoms with Crippen LogP contribution in [0.3, 0.4) is 0 Å². The van der Waals surface area contributed by atoms with Gasteiger partial charge in [-0.15, -0.1) is 11.8 Å². The highest BCUT2D eigenvalue weighted by Crippen LogP contribution is 2.31. The van der Waals surface area contributed by atoms with Crippen molar-refractivity contribution in [2.45, 2.75) is 51.6 Å². The molecule has 144 valence electrons. The number of aryl methyl sites for hydroxylation is 1. The summed E-state index contributed by atoms with van der Waals surface area (Å²) in [5.74, 6) is 1.53. The SMILES string of the molecule is CCCn1ccc2cc(NC(=O)C3CSCN3C(=O)C3CCCC3)ccc21. The summed E-state index contributed by atoms with van der Waals surface area (Å²) >= 11 is 1.67. The first kappa shape index (κ1) is 18.4. The van der Waals surface area contributed by atoms with Crippen molar-refractivity contribution in [3.63, 3.8) is 0 Å². The smallest absolute Gasteiger partial charge is 0.248 e. The number of benzene rings is 1. The molecule has 0 radical (unpaired) electrons. The average Bonchev–Trinajstić information content (AvgIpc) is 3.42. The zero-order valence-corrected chi connectivity index (χ0v) is 16.6. The zero-order valence-electron chi connectivity index (χ0n) is 15.8. The summed E-state index contributed by atoms with van der Waals surface area (Å²) in [6, 6.07) is 7.76. The van der Waals surface area contributed by atoms with Gasteiger partial charge in [-0.05, 0) is 43.5 Å². The number of carbonyl (C=O) groups is 2. The molecular formula is C21H27N3O2S. The molecular weight excluding hydrogens is 358 g/mol. The van der Waals surface area contributed by atoms with Crippen LogP contribution in [0.5, 0.6) is 0 Å². The van der Waals surface area contributed by atoms with E-state index >= 15 is 0 Å². The molecule has 6 heteroatoms. The number of nitrogens with one attached hydrogen (secondary N) is 1. The van der Waals surface area contributed by atoms with E-state index in [2.05, 4.69) is 35.1 Å². The molecule has 1 atom stereocenters. The molecule has 1 aromatic heterocycles. The first-order chi connectivity index (χ1) is 13.2. The summed E-state index contributed by atoms with van der Waals surface area (Å²) in [7, 11) is 0. The van der Waals surface area contributed by atoms with Crippen molar-refractivity contribution in [2.24, 2.45) is 5.92 Å². The van der Waals surface area contributed by atoms with Crippen molar-refractivity contribution in [3.05, 3.63) is 30.5 Å². The summed E-state index contributed by atoms with van der Waals surface area (Å²) in [5, 5.41) is 4.16. The molecule has 0 spiro atoms. The third-order valence-electron chi connectivity index (χ3n) is 5.68. The van der Waals surface area contributed by atoms with E-state index in [0.29, 0.717) is 11.6 Å². The maximum Gasteiger partial charge on any atom is 0.248 e. The summed E-state index contributed by atoms with van der Waals surface area (Å²) in [6.45, 7) is 3.16. The summed E-state index contributed by atoms with van der Waals surface area (Å²) in [6.07, 6.45) is 7.39. The molecule has 1 aliphatic heterocycles. The van der Waals surface area contributed by atoms with Gasteiger partial charge in [0.25, 0.3) is 0 Å². The number of hydrogen-bond donors (Lipinski definition) is 1. The molecule has 1 aliphatic carbocycles. The average molecular weight is 386 g/mol. The number of fused-ring (bicyclic) bond motifs is 1. The zero-order chi connectivity index (χ0) is 18.8. The quantitative estimate of drug-likeness (QED) is 0.844. The number of amides is 2. The summed E-state index contributed by atoms with van der Waals surface area (Å²) < 4.78 is 2.23. The minimum absolute atomic E-state index is 0.0707. The van der Waals surface area contributed by atoms with E-state index in [1.165, 1.54) is 5.52 Å². The van der Waals surface area contributed by atoms with Crippen LogP contribution in [0.4, 0.5) is 5.69 Å². The first-order valence-electron chi connectivity index (χ1n) is 9.95. The van der Waals surface area contributed by atoms with Crippen LogP contribution in [0, 0.1) is 5.92 Å². The number of hydrogen-bond acceptors (Lipinski definition) is 3. The molecule has 1 N–H and O–H groups in total. The topological polar surface area (TPSA) is 54.3 Å². The fourth-order valence-corrected chi connectivity index (χ4v) is 5.39. The van der Waals surface area contributed by atoms with Crippen LogP contribution in [0.25, 0.3) is 10.9 Å². The summed E-state index contributed by atoms with van der Waals surface area (Å²) in [5.41, 5.74) is 1.98. The Morgan fingerprint density at radius 3 is 2.81 bits per heavy atom. The van der Waals surface area contributed by atoms with E-state index < -0.39 is 0 Å². The van der Waals surface area contributed by atoms with Gasteiger partial charge in [-0.1, -0.05) is 19.8 Å². The Kier molecular flexibility index (Phi) is 5.43. The second-order valence-corrected chi connectivity index (χ2v) is 8.58. The number of aromatic nitrogens is 1. The van der Waals surface area contributed by atoms with E-state index in [0.717, 1.165) is 49.7 Å². The van der Waals surface area contributed by atoms with Gasteiger partial charge in [0.05, 0.1) is 5.88 Å². The van der Waals surface area contributed by atoms with Crippen LogP contribution in [-0.4, -0.2) is 39.0 Å². The van der Waals surface area contributed by atoms with Gasteiger partial charge in [0.2, 0.25) is 11.8 Å². The van der Waals surface area contributed by atoms with E-state index in [1.807, 2.05) is 12.1 Å². The summed E-state index contributed by atoms with van der Waals surface area (Å²) in [4.78, 5) is 27.4. The molecule has 4 rings (SSSR count). The van der Waals surface area contributed by atoms with Crippen molar-refractivity contribution >= 4 is 40.2 Å². The minimum Gasteiger partial charge on any atom is -0.347 e. The lowest BCUT2D eigenvalue weighted by Crippen LogP contribution is -2.46. The number of carbonyl (C=O) groups excluding carboxylic acids is 2. The third-order valence-corrected chi connectivity index (χ3v) is 6.69. The lowest BCUT2D eigenvalue weighted by molar-refractivity contribution is -0.139. The van der Waals surface area contributed by atoms with Crippen LogP contribution in [0.15, 0.2) is 30.5 Å². The Labute approximate surface area is 164 Å². The second-order valence-electron chi connectivity index (χ2n) is 7.58.